The highest BCUT2D eigenvalue weighted by Gasteiger charge is 2.36. The number of nitriles is 2. The minimum atomic E-state index is 0.141. The standard InChI is InChI=1S/C27H24N6O2/c1-16-11-19(14-29)12-17(2)24(16)35-25-22-15-33(26(34)20-5-6-20)10-9-23(22)31-27(32-25)30-21-7-3-18(13-28)4-8-21/h3-4,7-8,11-12,20H,5-6,9-10,15H2,1-2H3,(H,30,31,32). The molecule has 8 heteroatoms. The van der Waals surface area contributed by atoms with Crippen molar-refractivity contribution in [2.24, 2.45) is 5.92 Å². The normalized spacial score (nSPS) is 14.5. The van der Waals surface area contributed by atoms with Crippen molar-refractivity contribution >= 4 is 17.5 Å². The molecular weight excluding hydrogens is 440 g/mol. The van der Waals surface area contributed by atoms with Gasteiger partial charge in [-0.25, -0.2) is 4.98 Å². The summed E-state index contributed by atoms with van der Waals surface area (Å²) >= 11 is 0. The minimum Gasteiger partial charge on any atom is -0.438 e. The molecule has 1 N–H and O–H groups in total. The monoisotopic (exact) mass is 464 g/mol. The summed E-state index contributed by atoms with van der Waals surface area (Å²) in [5.74, 6) is 1.75. The van der Waals surface area contributed by atoms with Crippen LogP contribution in [-0.4, -0.2) is 27.3 Å². The van der Waals surface area contributed by atoms with E-state index < -0.39 is 0 Å². The number of fused-ring (bicyclic) bond motifs is 1. The first kappa shape index (κ1) is 22.4. The van der Waals surface area contributed by atoms with Crippen LogP contribution < -0.4 is 10.1 Å². The van der Waals surface area contributed by atoms with Gasteiger partial charge in [0.15, 0.2) is 0 Å². The summed E-state index contributed by atoms with van der Waals surface area (Å²) in [6.45, 7) is 4.82. The molecule has 8 nitrogen and oxygen atoms in total. The highest BCUT2D eigenvalue weighted by Crippen LogP contribution is 2.37. The molecule has 1 aliphatic heterocycles. The van der Waals surface area contributed by atoms with Gasteiger partial charge in [0.05, 0.1) is 41.1 Å². The van der Waals surface area contributed by atoms with Gasteiger partial charge in [-0.1, -0.05) is 0 Å². The molecule has 1 aromatic heterocycles. The van der Waals surface area contributed by atoms with Crippen molar-refractivity contribution in [1.29, 1.82) is 10.5 Å². The van der Waals surface area contributed by atoms with Crippen molar-refractivity contribution in [3.05, 3.63) is 69.9 Å². The van der Waals surface area contributed by atoms with Crippen LogP contribution in [-0.2, 0) is 17.8 Å². The Morgan fingerprint density at radius 3 is 2.37 bits per heavy atom. The number of hydrogen-bond donors (Lipinski definition) is 1. The van der Waals surface area contributed by atoms with Crippen molar-refractivity contribution in [3.8, 4) is 23.8 Å². The smallest absolute Gasteiger partial charge is 0.230 e. The molecule has 2 aliphatic rings. The fraction of sp³-hybridized carbons (Fsp3) is 0.296. The summed E-state index contributed by atoms with van der Waals surface area (Å²) < 4.78 is 6.38. The van der Waals surface area contributed by atoms with E-state index in [0.29, 0.717) is 48.2 Å². The van der Waals surface area contributed by atoms with Crippen LogP contribution in [0.2, 0.25) is 0 Å². The second-order valence-corrected chi connectivity index (χ2v) is 9.03. The Kier molecular flexibility index (Phi) is 5.80. The van der Waals surface area contributed by atoms with Crippen molar-refractivity contribution in [2.75, 3.05) is 11.9 Å². The molecule has 0 radical (unpaired) electrons. The molecule has 0 unspecified atom stereocenters. The third-order valence-electron chi connectivity index (χ3n) is 6.32. The Hall–Kier alpha value is -4.43. The van der Waals surface area contributed by atoms with Crippen molar-refractivity contribution in [3.63, 3.8) is 0 Å². The number of hydrogen-bond acceptors (Lipinski definition) is 7. The number of nitrogens with one attached hydrogen (secondary N) is 1. The maximum Gasteiger partial charge on any atom is 0.230 e. The Morgan fingerprint density at radius 1 is 1.06 bits per heavy atom. The summed E-state index contributed by atoms with van der Waals surface area (Å²) in [6.07, 6.45) is 2.53. The van der Waals surface area contributed by atoms with Gasteiger partial charge in [0.2, 0.25) is 17.7 Å². The van der Waals surface area contributed by atoms with Crippen LogP contribution in [0.15, 0.2) is 36.4 Å². The predicted octanol–water partition coefficient (Wildman–Crippen LogP) is 4.67. The molecule has 0 bridgehead atoms. The largest absolute Gasteiger partial charge is 0.438 e. The maximum absolute atomic E-state index is 12.8. The average molecular weight is 465 g/mol. The van der Waals surface area contributed by atoms with E-state index in [2.05, 4.69) is 22.4 Å². The Labute approximate surface area is 203 Å². The summed E-state index contributed by atoms with van der Waals surface area (Å²) in [5, 5.41) is 21.5. The van der Waals surface area contributed by atoms with Gasteiger partial charge >= 0.3 is 0 Å². The lowest BCUT2D eigenvalue weighted by atomic mass is 10.0. The van der Waals surface area contributed by atoms with E-state index in [-0.39, 0.29) is 11.8 Å². The lowest BCUT2D eigenvalue weighted by Gasteiger charge is -2.29. The SMILES string of the molecule is Cc1cc(C#N)cc(C)c1Oc1nc(Nc2ccc(C#N)cc2)nc2c1CN(C(=O)C1CC1)CC2. The van der Waals surface area contributed by atoms with Gasteiger partial charge in [0.25, 0.3) is 0 Å². The molecule has 0 spiro atoms. The molecule has 1 fully saturated rings. The molecule has 5 rings (SSSR count). The number of nitrogens with zero attached hydrogens (tertiary/aromatic N) is 5. The van der Waals surface area contributed by atoms with E-state index in [4.69, 9.17) is 15.0 Å². The third kappa shape index (κ3) is 4.64. The number of carbonyl (C=O) groups is 1. The highest BCUT2D eigenvalue weighted by molar-refractivity contribution is 5.81. The lowest BCUT2D eigenvalue weighted by molar-refractivity contribution is -0.133. The fourth-order valence-corrected chi connectivity index (χ4v) is 4.33. The summed E-state index contributed by atoms with van der Waals surface area (Å²) in [6, 6.07) is 14.9. The van der Waals surface area contributed by atoms with E-state index in [1.54, 1.807) is 36.4 Å². The zero-order valence-electron chi connectivity index (χ0n) is 19.6. The zero-order chi connectivity index (χ0) is 24.5. The van der Waals surface area contributed by atoms with Gasteiger partial charge in [0, 0.05) is 24.6 Å². The average Bonchev–Trinajstić information content (AvgIpc) is 3.71. The topological polar surface area (TPSA) is 115 Å². The van der Waals surface area contributed by atoms with E-state index in [9.17, 15) is 10.1 Å². The number of carbonyl (C=O) groups excluding carboxylic acids is 1. The fourth-order valence-electron chi connectivity index (χ4n) is 4.33. The van der Waals surface area contributed by atoms with Crippen LogP contribution >= 0.6 is 0 Å². The van der Waals surface area contributed by atoms with E-state index in [0.717, 1.165) is 40.9 Å². The molecule has 2 aromatic carbocycles. The van der Waals surface area contributed by atoms with Crippen LogP contribution in [0, 0.1) is 42.4 Å². The highest BCUT2D eigenvalue weighted by atomic mass is 16.5. The molecule has 3 aromatic rings. The van der Waals surface area contributed by atoms with Crippen LogP contribution in [0.1, 0.15) is 46.4 Å². The van der Waals surface area contributed by atoms with Crippen LogP contribution in [0.3, 0.4) is 0 Å². The molecule has 0 saturated heterocycles. The first-order chi connectivity index (χ1) is 16.9. The number of rotatable bonds is 5. The second-order valence-electron chi connectivity index (χ2n) is 9.03. The number of benzene rings is 2. The maximum atomic E-state index is 12.8. The van der Waals surface area contributed by atoms with Crippen molar-refractivity contribution in [1.82, 2.24) is 14.9 Å². The molecule has 174 valence electrons. The first-order valence-corrected chi connectivity index (χ1v) is 11.6. The summed E-state index contributed by atoms with van der Waals surface area (Å²) in [4.78, 5) is 24.1. The van der Waals surface area contributed by atoms with E-state index in [1.165, 1.54) is 0 Å². The number of amides is 1. The van der Waals surface area contributed by atoms with Crippen molar-refractivity contribution in [2.45, 2.75) is 39.7 Å². The van der Waals surface area contributed by atoms with Gasteiger partial charge in [-0.2, -0.15) is 15.5 Å². The molecule has 1 amide bonds. The van der Waals surface area contributed by atoms with Gasteiger partial charge in [-0.3, -0.25) is 4.79 Å². The van der Waals surface area contributed by atoms with Gasteiger partial charge in [0.1, 0.15) is 5.75 Å². The van der Waals surface area contributed by atoms with Gasteiger partial charge < -0.3 is 15.0 Å². The number of aromatic nitrogens is 2. The Morgan fingerprint density at radius 2 is 1.74 bits per heavy atom. The van der Waals surface area contributed by atoms with Gasteiger partial charge in [-0.15, -0.1) is 0 Å². The van der Waals surface area contributed by atoms with E-state index >= 15 is 0 Å². The molecule has 35 heavy (non-hydrogen) atoms. The summed E-state index contributed by atoms with van der Waals surface area (Å²) in [5.41, 5.74) is 5.20. The van der Waals surface area contributed by atoms with Gasteiger partial charge in [-0.05, 0) is 74.2 Å². The van der Waals surface area contributed by atoms with Crippen LogP contribution in [0.4, 0.5) is 11.6 Å². The predicted molar refractivity (Wildman–Crippen MR) is 129 cm³/mol. The molecule has 2 heterocycles. The third-order valence-corrected chi connectivity index (χ3v) is 6.32. The zero-order valence-corrected chi connectivity index (χ0v) is 19.6. The number of ether oxygens (including phenoxy) is 1. The second kappa shape index (κ2) is 9.08. The quantitative estimate of drug-likeness (QED) is 0.583. The number of anilines is 2. The van der Waals surface area contributed by atoms with Crippen LogP contribution in [0.25, 0.3) is 0 Å². The molecular formula is C27H24N6O2. The number of aryl methyl sites for hydroxylation is 2. The van der Waals surface area contributed by atoms with Crippen LogP contribution in [0.5, 0.6) is 11.6 Å². The van der Waals surface area contributed by atoms with E-state index in [1.807, 2.05) is 18.7 Å². The lowest BCUT2D eigenvalue weighted by Crippen LogP contribution is -2.37. The van der Waals surface area contributed by atoms with Crippen molar-refractivity contribution < 1.29 is 9.53 Å². The Bertz CT molecular complexity index is 1370. The molecule has 1 aliphatic carbocycles. The molecule has 0 atom stereocenters. The first-order valence-electron chi connectivity index (χ1n) is 11.6. The minimum absolute atomic E-state index is 0.141. The summed E-state index contributed by atoms with van der Waals surface area (Å²) in [7, 11) is 0. The Balaban J connectivity index is 1.52. The molecule has 1 saturated carbocycles.